The summed E-state index contributed by atoms with van der Waals surface area (Å²) in [6.45, 7) is 6.91. The molecule has 0 amide bonds. The molecular formula is C16H19N3O2Si. The Morgan fingerprint density at radius 2 is 1.36 bits per heavy atom. The van der Waals surface area contributed by atoms with Gasteiger partial charge in [0, 0.05) is 5.54 Å². The molecule has 6 heteroatoms. The first-order valence-corrected chi connectivity index (χ1v) is 11.2. The number of hydrogen-bond acceptors (Lipinski definition) is 2. The lowest BCUT2D eigenvalue weighted by Crippen LogP contribution is -2.36. The molecule has 1 aromatic carbocycles. The zero-order valence-corrected chi connectivity index (χ0v) is 13.9. The lowest BCUT2D eigenvalue weighted by molar-refractivity contribution is 0.505. The van der Waals surface area contributed by atoms with Crippen molar-refractivity contribution in [1.29, 1.82) is 0 Å². The standard InChI is InChI=1S/C16H19N3O2Si/c1-22(2,3)14-12-9-10-13(14)19-16(21)17(15(20)18(12)19)11-7-5-4-6-8-11/h4-10,12-14H,1-3H3. The maximum Gasteiger partial charge on any atom is 0.352 e. The molecule has 2 aliphatic rings. The van der Waals surface area contributed by atoms with E-state index in [1.54, 1.807) is 21.5 Å². The van der Waals surface area contributed by atoms with Crippen LogP contribution in [-0.2, 0) is 0 Å². The first kappa shape index (κ1) is 13.6. The summed E-state index contributed by atoms with van der Waals surface area (Å²) >= 11 is 0. The van der Waals surface area contributed by atoms with E-state index in [9.17, 15) is 9.59 Å². The van der Waals surface area contributed by atoms with Crippen molar-refractivity contribution >= 4 is 8.07 Å². The fourth-order valence-electron chi connectivity index (χ4n) is 3.97. The topological polar surface area (TPSA) is 48.9 Å². The minimum Gasteiger partial charge on any atom is -0.245 e. The molecule has 0 fully saturated rings. The quantitative estimate of drug-likeness (QED) is 0.630. The van der Waals surface area contributed by atoms with Crippen molar-refractivity contribution in [1.82, 2.24) is 13.9 Å². The van der Waals surface area contributed by atoms with Crippen LogP contribution in [0.3, 0.4) is 0 Å². The van der Waals surface area contributed by atoms with Crippen molar-refractivity contribution in [2.75, 3.05) is 0 Å². The average molecular weight is 313 g/mol. The molecule has 2 bridgehead atoms. The SMILES string of the molecule is C[Si](C)(C)C1C2C=CC1n1c(=O)n(-c3ccccc3)c(=O)n12. The fourth-order valence-corrected chi connectivity index (χ4v) is 6.53. The monoisotopic (exact) mass is 313 g/mol. The van der Waals surface area contributed by atoms with Crippen molar-refractivity contribution in [3.8, 4) is 5.69 Å². The van der Waals surface area contributed by atoms with Crippen LogP contribution in [0, 0.1) is 0 Å². The molecule has 4 rings (SSSR count). The van der Waals surface area contributed by atoms with Crippen LogP contribution >= 0.6 is 0 Å². The van der Waals surface area contributed by atoms with Gasteiger partial charge in [0.1, 0.15) is 0 Å². The Hall–Kier alpha value is -2.08. The summed E-state index contributed by atoms with van der Waals surface area (Å²) in [6, 6.07) is 9.21. The zero-order valence-electron chi connectivity index (χ0n) is 12.9. The molecule has 0 saturated carbocycles. The van der Waals surface area contributed by atoms with Gasteiger partial charge in [0.05, 0.1) is 25.8 Å². The van der Waals surface area contributed by atoms with Gasteiger partial charge >= 0.3 is 11.4 Å². The van der Waals surface area contributed by atoms with Gasteiger partial charge in [0.15, 0.2) is 0 Å². The fraction of sp³-hybridized carbons (Fsp3) is 0.375. The molecule has 0 N–H and O–H groups in total. The van der Waals surface area contributed by atoms with E-state index in [0.717, 1.165) is 0 Å². The van der Waals surface area contributed by atoms with Gasteiger partial charge in [0.25, 0.3) is 0 Å². The van der Waals surface area contributed by atoms with E-state index in [4.69, 9.17) is 0 Å². The molecule has 1 aromatic heterocycles. The second kappa shape index (κ2) is 4.22. The zero-order chi connectivity index (χ0) is 15.6. The van der Waals surface area contributed by atoms with Crippen LogP contribution < -0.4 is 11.4 Å². The number of fused-ring (bicyclic) bond motifs is 5. The van der Waals surface area contributed by atoms with Crippen molar-refractivity contribution in [2.45, 2.75) is 37.3 Å². The number of hydrogen-bond donors (Lipinski definition) is 0. The highest BCUT2D eigenvalue weighted by Gasteiger charge is 2.51. The second-order valence-electron chi connectivity index (χ2n) is 7.18. The number of rotatable bonds is 2. The number of allylic oxidation sites excluding steroid dienone is 2. The summed E-state index contributed by atoms with van der Waals surface area (Å²) in [5.74, 6) is 0. The summed E-state index contributed by atoms with van der Waals surface area (Å²) in [5.41, 5.74) is 0.571. The van der Waals surface area contributed by atoms with Crippen LogP contribution in [0.5, 0.6) is 0 Å². The number of para-hydroxylation sites is 1. The highest BCUT2D eigenvalue weighted by Crippen LogP contribution is 2.51. The highest BCUT2D eigenvalue weighted by atomic mass is 28.3. The van der Waals surface area contributed by atoms with Gasteiger partial charge in [-0.15, -0.1) is 0 Å². The highest BCUT2D eigenvalue weighted by molar-refractivity contribution is 6.78. The molecule has 5 nitrogen and oxygen atoms in total. The van der Waals surface area contributed by atoms with Crippen LogP contribution in [-0.4, -0.2) is 22.0 Å². The van der Waals surface area contributed by atoms with E-state index in [1.165, 1.54) is 4.57 Å². The molecule has 0 saturated heterocycles. The average Bonchev–Trinajstić information content (AvgIpc) is 3.10. The first-order chi connectivity index (χ1) is 10.4. The maximum atomic E-state index is 12.8. The summed E-state index contributed by atoms with van der Waals surface area (Å²) < 4.78 is 4.62. The van der Waals surface area contributed by atoms with Crippen LogP contribution in [0.1, 0.15) is 12.1 Å². The molecule has 1 aliphatic heterocycles. The Morgan fingerprint density at radius 3 is 1.82 bits per heavy atom. The summed E-state index contributed by atoms with van der Waals surface area (Å²) in [4.78, 5) is 25.7. The van der Waals surface area contributed by atoms with E-state index in [1.807, 2.05) is 18.2 Å². The Morgan fingerprint density at radius 1 is 0.864 bits per heavy atom. The Bertz CT molecular complexity index is 837. The van der Waals surface area contributed by atoms with Gasteiger partial charge in [-0.25, -0.2) is 23.5 Å². The van der Waals surface area contributed by atoms with Gasteiger partial charge in [-0.2, -0.15) is 0 Å². The van der Waals surface area contributed by atoms with Crippen LogP contribution in [0.2, 0.25) is 25.2 Å². The smallest absolute Gasteiger partial charge is 0.245 e. The minimum absolute atomic E-state index is 0.0295. The van der Waals surface area contributed by atoms with E-state index in [2.05, 4.69) is 31.8 Å². The summed E-state index contributed by atoms with van der Waals surface area (Å²) in [7, 11) is -1.48. The van der Waals surface area contributed by atoms with Crippen molar-refractivity contribution in [3.05, 3.63) is 63.5 Å². The Kier molecular flexibility index (Phi) is 2.61. The molecule has 2 unspecified atom stereocenters. The molecule has 1 aliphatic carbocycles. The molecule has 0 radical (unpaired) electrons. The minimum atomic E-state index is -1.48. The summed E-state index contributed by atoms with van der Waals surface area (Å²) in [5, 5.41) is 0. The van der Waals surface area contributed by atoms with Crippen molar-refractivity contribution < 1.29 is 0 Å². The van der Waals surface area contributed by atoms with Crippen LogP contribution in [0.4, 0.5) is 0 Å². The van der Waals surface area contributed by atoms with Gasteiger partial charge in [-0.05, 0) is 12.1 Å². The second-order valence-corrected chi connectivity index (χ2v) is 12.6. The molecule has 22 heavy (non-hydrogen) atoms. The van der Waals surface area contributed by atoms with E-state index >= 15 is 0 Å². The summed E-state index contributed by atoms with van der Waals surface area (Å²) in [6.07, 6.45) is 4.20. The van der Waals surface area contributed by atoms with Crippen LogP contribution in [0.25, 0.3) is 5.69 Å². The Labute approximate surface area is 129 Å². The van der Waals surface area contributed by atoms with Gasteiger partial charge in [0.2, 0.25) is 0 Å². The van der Waals surface area contributed by atoms with E-state index < -0.39 is 8.07 Å². The number of nitrogens with zero attached hydrogens (tertiary/aromatic N) is 3. The van der Waals surface area contributed by atoms with Gasteiger partial charge < -0.3 is 0 Å². The predicted molar refractivity (Wildman–Crippen MR) is 88.6 cm³/mol. The first-order valence-electron chi connectivity index (χ1n) is 7.61. The van der Waals surface area contributed by atoms with Crippen LogP contribution in [0.15, 0.2) is 52.1 Å². The Balaban J connectivity index is 1.94. The van der Waals surface area contributed by atoms with Gasteiger partial charge in [-0.3, -0.25) is 0 Å². The molecule has 114 valence electrons. The third-order valence-corrected chi connectivity index (χ3v) is 7.51. The van der Waals surface area contributed by atoms with Crippen molar-refractivity contribution in [2.24, 2.45) is 0 Å². The predicted octanol–water partition coefficient (Wildman–Crippen LogP) is 2.17. The van der Waals surface area contributed by atoms with Gasteiger partial charge in [-0.1, -0.05) is 50.0 Å². The molecule has 2 atom stereocenters. The molecule has 2 aromatic rings. The largest absolute Gasteiger partial charge is 0.352 e. The third kappa shape index (κ3) is 1.58. The molecular weight excluding hydrogens is 294 g/mol. The number of aromatic nitrogens is 3. The lowest BCUT2D eigenvalue weighted by Gasteiger charge is -2.28. The third-order valence-electron chi connectivity index (χ3n) is 4.83. The van der Waals surface area contributed by atoms with E-state index in [-0.39, 0.29) is 23.5 Å². The number of benzene rings is 1. The molecule has 2 heterocycles. The normalized spacial score (nSPS) is 25.7. The van der Waals surface area contributed by atoms with Crippen molar-refractivity contribution in [3.63, 3.8) is 0 Å². The van der Waals surface area contributed by atoms with E-state index in [0.29, 0.717) is 11.2 Å². The molecule has 0 spiro atoms. The lowest BCUT2D eigenvalue weighted by atomic mass is 10.2. The maximum absolute atomic E-state index is 12.8.